The third-order valence-electron chi connectivity index (χ3n) is 5.42. The number of ketones is 1. The third kappa shape index (κ3) is 3.43. The van der Waals surface area contributed by atoms with Crippen molar-refractivity contribution in [2.45, 2.75) is 26.4 Å². The van der Waals surface area contributed by atoms with E-state index in [1.807, 2.05) is 46.9 Å². The summed E-state index contributed by atoms with van der Waals surface area (Å²) in [4.78, 5) is 33.4. The summed E-state index contributed by atoms with van der Waals surface area (Å²) < 4.78 is 1.93. The fourth-order valence-electron chi connectivity index (χ4n) is 3.83. The van der Waals surface area contributed by atoms with Crippen molar-refractivity contribution in [3.8, 4) is 0 Å². The maximum absolute atomic E-state index is 13.1. The molecule has 0 radical (unpaired) electrons. The SMILES string of the molecule is CC(=O)c1cn([C@@H](C)C(=O)N2CCN(Cc3ncn[nH]3)CC2)c2ccccc12. The Morgan fingerprint density at radius 2 is 1.93 bits per heavy atom. The van der Waals surface area contributed by atoms with E-state index in [9.17, 15) is 9.59 Å². The molecule has 28 heavy (non-hydrogen) atoms. The van der Waals surface area contributed by atoms with Crippen molar-refractivity contribution in [1.29, 1.82) is 0 Å². The number of hydrogen-bond donors (Lipinski definition) is 1. The molecule has 2 aromatic heterocycles. The van der Waals surface area contributed by atoms with Crippen LogP contribution in [0.3, 0.4) is 0 Å². The zero-order chi connectivity index (χ0) is 19.7. The first-order chi connectivity index (χ1) is 13.5. The number of nitrogens with zero attached hydrogens (tertiary/aromatic N) is 5. The third-order valence-corrected chi connectivity index (χ3v) is 5.42. The van der Waals surface area contributed by atoms with Gasteiger partial charge in [-0.15, -0.1) is 0 Å². The number of aromatic nitrogens is 4. The molecule has 1 aliphatic rings. The normalized spacial score (nSPS) is 16.4. The summed E-state index contributed by atoms with van der Waals surface area (Å²) in [6.45, 7) is 7.12. The van der Waals surface area contributed by atoms with E-state index in [-0.39, 0.29) is 17.7 Å². The van der Waals surface area contributed by atoms with Gasteiger partial charge in [0.15, 0.2) is 5.78 Å². The number of hydrogen-bond acceptors (Lipinski definition) is 5. The molecule has 146 valence electrons. The molecule has 1 amide bonds. The Morgan fingerprint density at radius 1 is 1.18 bits per heavy atom. The molecule has 1 aliphatic heterocycles. The summed E-state index contributed by atoms with van der Waals surface area (Å²) in [5, 5.41) is 7.64. The zero-order valence-corrected chi connectivity index (χ0v) is 16.1. The summed E-state index contributed by atoms with van der Waals surface area (Å²) >= 11 is 0. The highest BCUT2D eigenvalue weighted by Gasteiger charge is 2.27. The minimum atomic E-state index is -0.362. The number of rotatable bonds is 5. The molecule has 1 fully saturated rings. The number of H-pyrrole nitrogens is 1. The average molecular weight is 380 g/mol. The molecule has 1 atom stereocenters. The van der Waals surface area contributed by atoms with Gasteiger partial charge in [0.25, 0.3) is 0 Å². The van der Waals surface area contributed by atoms with Crippen molar-refractivity contribution in [1.82, 2.24) is 29.5 Å². The van der Waals surface area contributed by atoms with Crippen molar-refractivity contribution in [2.75, 3.05) is 26.2 Å². The lowest BCUT2D eigenvalue weighted by atomic mass is 10.1. The fraction of sp³-hybridized carbons (Fsp3) is 0.400. The Balaban J connectivity index is 1.47. The Bertz CT molecular complexity index is 985. The molecule has 1 aromatic carbocycles. The van der Waals surface area contributed by atoms with Gasteiger partial charge in [-0.2, -0.15) is 5.10 Å². The Kier molecular flexibility index (Phi) is 4.95. The highest BCUT2D eigenvalue weighted by molar-refractivity contribution is 6.07. The standard InChI is InChI=1S/C20H24N6O2/c1-14(26-11-17(15(2)27)16-5-3-4-6-18(16)26)20(28)25-9-7-24(8-10-25)12-19-21-13-22-23-19/h3-6,11,13-14H,7-10,12H2,1-2H3,(H,21,22,23)/t14-/m0/s1. The summed E-state index contributed by atoms with van der Waals surface area (Å²) in [6, 6.07) is 7.38. The molecule has 0 saturated carbocycles. The Hall–Kier alpha value is -3.00. The highest BCUT2D eigenvalue weighted by atomic mass is 16.2. The number of carbonyl (C=O) groups is 2. The van der Waals surface area contributed by atoms with Crippen LogP contribution in [0.2, 0.25) is 0 Å². The Labute approximate surface area is 163 Å². The second kappa shape index (κ2) is 7.55. The van der Waals surface area contributed by atoms with Crippen LogP contribution in [-0.2, 0) is 11.3 Å². The van der Waals surface area contributed by atoms with Gasteiger partial charge in [0, 0.05) is 48.8 Å². The number of carbonyl (C=O) groups excluding carboxylic acids is 2. The number of piperazine rings is 1. The predicted octanol–water partition coefficient (Wildman–Crippen LogP) is 1.87. The van der Waals surface area contributed by atoms with Gasteiger partial charge in [-0.1, -0.05) is 18.2 Å². The van der Waals surface area contributed by atoms with E-state index >= 15 is 0 Å². The lowest BCUT2D eigenvalue weighted by molar-refractivity contribution is -0.136. The van der Waals surface area contributed by atoms with Crippen LogP contribution >= 0.6 is 0 Å². The molecule has 0 unspecified atom stereocenters. The van der Waals surface area contributed by atoms with Crippen molar-refractivity contribution in [3.05, 3.63) is 48.2 Å². The van der Waals surface area contributed by atoms with Gasteiger partial charge in [0.1, 0.15) is 18.2 Å². The van der Waals surface area contributed by atoms with Crippen LogP contribution in [-0.4, -0.2) is 67.4 Å². The first-order valence-corrected chi connectivity index (χ1v) is 9.50. The van der Waals surface area contributed by atoms with Crippen molar-refractivity contribution in [3.63, 3.8) is 0 Å². The molecular weight excluding hydrogens is 356 g/mol. The first kappa shape index (κ1) is 18.4. The minimum Gasteiger partial charge on any atom is -0.338 e. The number of aromatic amines is 1. The summed E-state index contributed by atoms with van der Waals surface area (Å²) in [5.41, 5.74) is 1.57. The smallest absolute Gasteiger partial charge is 0.245 e. The van der Waals surface area contributed by atoms with Crippen LogP contribution < -0.4 is 0 Å². The molecule has 8 heteroatoms. The van der Waals surface area contributed by atoms with E-state index < -0.39 is 0 Å². The molecule has 3 heterocycles. The second-order valence-electron chi connectivity index (χ2n) is 7.23. The molecule has 3 aromatic rings. The molecule has 4 rings (SSSR count). The van der Waals surface area contributed by atoms with Crippen LogP contribution in [0.15, 0.2) is 36.8 Å². The van der Waals surface area contributed by atoms with Gasteiger partial charge >= 0.3 is 0 Å². The van der Waals surface area contributed by atoms with E-state index in [0.717, 1.165) is 29.8 Å². The van der Waals surface area contributed by atoms with Crippen molar-refractivity contribution >= 4 is 22.6 Å². The number of Topliss-reactive ketones (excluding diaryl/α,β-unsaturated/α-hetero) is 1. The summed E-state index contributed by atoms with van der Waals surface area (Å²) in [6.07, 6.45) is 3.32. The van der Waals surface area contributed by atoms with Crippen LogP contribution in [0.25, 0.3) is 10.9 Å². The van der Waals surface area contributed by atoms with Gasteiger partial charge in [0.05, 0.1) is 6.54 Å². The van der Waals surface area contributed by atoms with Crippen LogP contribution in [0.4, 0.5) is 0 Å². The molecule has 0 bridgehead atoms. The van der Waals surface area contributed by atoms with Gasteiger partial charge in [-0.25, -0.2) is 4.98 Å². The molecule has 0 aliphatic carbocycles. The van der Waals surface area contributed by atoms with Crippen molar-refractivity contribution < 1.29 is 9.59 Å². The molecule has 0 spiro atoms. The number of nitrogens with one attached hydrogen (secondary N) is 1. The maximum atomic E-state index is 13.1. The second-order valence-corrected chi connectivity index (χ2v) is 7.23. The van der Waals surface area contributed by atoms with Crippen LogP contribution in [0.1, 0.15) is 36.1 Å². The van der Waals surface area contributed by atoms with E-state index in [2.05, 4.69) is 20.1 Å². The number of amides is 1. The monoisotopic (exact) mass is 380 g/mol. The van der Waals surface area contributed by atoms with E-state index in [1.165, 1.54) is 6.33 Å². The molecule has 1 saturated heterocycles. The quantitative estimate of drug-likeness (QED) is 0.683. The largest absolute Gasteiger partial charge is 0.338 e. The fourth-order valence-corrected chi connectivity index (χ4v) is 3.83. The molecular formula is C20H24N6O2. The van der Waals surface area contributed by atoms with Gasteiger partial charge in [-0.05, 0) is 19.9 Å². The zero-order valence-electron chi connectivity index (χ0n) is 16.1. The molecule has 1 N–H and O–H groups in total. The van der Waals surface area contributed by atoms with Gasteiger partial charge < -0.3 is 9.47 Å². The average Bonchev–Trinajstić information content (AvgIpc) is 3.35. The Morgan fingerprint density at radius 3 is 2.61 bits per heavy atom. The summed E-state index contributed by atoms with van der Waals surface area (Å²) in [7, 11) is 0. The number of benzene rings is 1. The van der Waals surface area contributed by atoms with E-state index in [0.29, 0.717) is 25.2 Å². The maximum Gasteiger partial charge on any atom is 0.245 e. The van der Waals surface area contributed by atoms with Crippen LogP contribution in [0, 0.1) is 0 Å². The predicted molar refractivity (Wildman–Crippen MR) is 105 cm³/mol. The molecule has 8 nitrogen and oxygen atoms in total. The van der Waals surface area contributed by atoms with Gasteiger partial charge in [-0.3, -0.25) is 19.6 Å². The van der Waals surface area contributed by atoms with Crippen LogP contribution in [0.5, 0.6) is 0 Å². The minimum absolute atomic E-state index is 0.00984. The van der Waals surface area contributed by atoms with Gasteiger partial charge in [0.2, 0.25) is 5.91 Å². The van der Waals surface area contributed by atoms with E-state index in [1.54, 1.807) is 6.92 Å². The summed E-state index contributed by atoms with van der Waals surface area (Å²) in [5.74, 6) is 0.925. The lowest BCUT2D eigenvalue weighted by Crippen LogP contribution is -2.50. The number of fused-ring (bicyclic) bond motifs is 1. The topological polar surface area (TPSA) is 87.1 Å². The lowest BCUT2D eigenvalue weighted by Gasteiger charge is -2.35. The first-order valence-electron chi connectivity index (χ1n) is 9.50. The van der Waals surface area contributed by atoms with Crippen molar-refractivity contribution in [2.24, 2.45) is 0 Å². The van der Waals surface area contributed by atoms with E-state index in [4.69, 9.17) is 0 Å². The number of para-hydroxylation sites is 1. The highest BCUT2D eigenvalue weighted by Crippen LogP contribution is 2.26.